The molecule has 1 rings (SSSR count). The molecule has 1 aromatic carbocycles. The van der Waals surface area contributed by atoms with Crippen molar-refractivity contribution in [1.29, 1.82) is 0 Å². The van der Waals surface area contributed by atoms with E-state index >= 15 is 0 Å². The summed E-state index contributed by atoms with van der Waals surface area (Å²) in [6.45, 7) is 3.11. The predicted molar refractivity (Wildman–Crippen MR) is 77.4 cm³/mol. The van der Waals surface area contributed by atoms with E-state index in [1.165, 1.54) is 0 Å². The van der Waals surface area contributed by atoms with Crippen LogP contribution in [0.25, 0.3) is 0 Å². The maximum absolute atomic E-state index is 12.1. The fourth-order valence-corrected chi connectivity index (χ4v) is 2.78. The van der Waals surface area contributed by atoms with Gasteiger partial charge in [-0.3, -0.25) is 0 Å². The minimum absolute atomic E-state index is 0.177. The summed E-state index contributed by atoms with van der Waals surface area (Å²) in [4.78, 5) is 2.29. The van der Waals surface area contributed by atoms with Crippen LogP contribution in [0.5, 0.6) is 0 Å². The molecule has 5 nitrogen and oxygen atoms in total. The Kier molecular flexibility index (Phi) is 5.93. The Bertz CT molecular complexity index is 498. The van der Waals surface area contributed by atoms with Crippen molar-refractivity contribution in [3.05, 3.63) is 29.8 Å². The lowest BCUT2D eigenvalue weighted by molar-refractivity contribution is 0.400. The smallest absolute Gasteiger partial charge is 0.240 e. The van der Waals surface area contributed by atoms with Crippen molar-refractivity contribution >= 4 is 10.0 Å². The number of nitrogens with one attached hydrogen (secondary N) is 1. The number of nitrogens with two attached hydrogens (primary N) is 1. The quantitative estimate of drug-likeness (QED) is 0.731. The maximum Gasteiger partial charge on any atom is 0.240 e. The highest BCUT2D eigenvalue weighted by Crippen LogP contribution is 2.15. The largest absolute Gasteiger partial charge is 0.324 e. The van der Waals surface area contributed by atoms with Gasteiger partial charge in [0, 0.05) is 12.6 Å². The first-order valence-electron chi connectivity index (χ1n) is 6.33. The van der Waals surface area contributed by atoms with Crippen molar-refractivity contribution in [2.45, 2.75) is 24.3 Å². The first-order chi connectivity index (χ1) is 8.83. The molecule has 19 heavy (non-hydrogen) atoms. The number of nitrogens with zero attached hydrogens (tertiary/aromatic N) is 1. The third-order valence-electron chi connectivity index (χ3n) is 2.77. The van der Waals surface area contributed by atoms with E-state index in [0.29, 0.717) is 6.54 Å². The molecule has 0 spiro atoms. The van der Waals surface area contributed by atoms with Gasteiger partial charge in [-0.15, -0.1) is 0 Å². The zero-order chi connectivity index (χ0) is 14.5. The zero-order valence-electron chi connectivity index (χ0n) is 11.8. The summed E-state index contributed by atoms with van der Waals surface area (Å²) in [5.74, 6) is 0. The number of rotatable bonds is 7. The molecule has 6 heteroatoms. The summed E-state index contributed by atoms with van der Waals surface area (Å²) < 4.78 is 26.8. The van der Waals surface area contributed by atoms with E-state index < -0.39 is 10.0 Å². The van der Waals surface area contributed by atoms with Crippen molar-refractivity contribution in [1.82, 2.24) is 9.62 Å². The van der Waals surface area contributed by atoms with Gasteiger partial charge in [-0.2, -0.15) is 0 Å². The Morgan fingerprint density at radius 1 is 1.37 bits per heavy atom. The van der Waals surface area contributed by atoms with Gasteiger partial charge < -0.3 is 10.6 Å². The van der Waals surface area contributed by atoms with E-state index in [9.17, 15) is 8.42 Å². The Morgan fingerprint density at radius 2 is 2.05 bits per heavy atom. The second-order valence-corrected chi connectivity index (χ2v) is 6.68. The van der Waals surface area contributed by atoms with Gasteiger partial charge in [0.2, 0.25) is 10.0 Å². The molecule has 3 N–H and O–H groups in total. The molecule has 108 valence electrons. The molecular formula is C13H23N3O2S. The van der Waals surface area contributed by atoms with Gasteiger partial charge >= 0.3 is 0 Å². The van der Waals surface area contributed by atoms with E-state index in [-0.39, 0.29) is 10.9 Å². The molecule has 0 radical (unpaired) electrons. The SMILES string of the molecule is CC(N)c1cccc(S(=O)(=O)NCCCN(C)C)c1. The summed E-state index contributed by atoms with van der Waals surface area (Å²) in [6.07, 6.45) is 0.777. The summed E-state index contributed by atoms with van der Waals surface area (Å²) >= 11 is 0. The van der Waals surface area contributed by atoms with Gasteiger partial charge in [0.1, 0.15) is 0 Å². The average molecular weight is 285 g/mol. The summed E-state index contributed by atoms with van der Waals surface area (Å²) in [6, 6.07) is 6.57. The van der Waals surface area contributed by atoms with E-state index in [1.54, 1.807) is 18.2 Å². The van der Waals surface area contributed by atoms with Crippen molar-refractivity contribution in [3.8, 4) is 0 Å². The minimum atomic E-state index is -3.44. The van der Waals surface area contributed by atoms with Gasteiger partial charge in [-0.25, -0.2) is 13.1 Å². The number of benzene rings is 1. The molecule has 0 heterocycles. The highest BCUT2D eigenvalue weighted by molar-refractivity contribution is 7.89. The zero-order valence-corrected chi connectivity index (χ0v) is 12.6. The van der Waals surface area contributed by atoms with Crippen LogP contribution in [0.15, 0.2) is 29.2 Å². The monoisotopic (exact) mass is 285 g/mol. The molecule has 0 aliphatic heterocycles. The Hall–Kier alpha value is -0.950. The molecule has 0 aromatic heterocycles. The Balaban J connectivity index is 2.69. The highest BCUT2D eigenvalue weighted by Gasteiger charge is 2.14. The third kappa shape index (κ3) is 5.28. The van der Waals surface area contributed by atoms with E-state index in [4.69, 9.17) is 5.73 Å². The van der Waals surface area contributed by atoms with Gasteiger partial charge in [0.15, 0.2) is 0 Å². The maximum atomic E-state index is 12.1. The lowest BCUT2D eigenvalue weighted by Crippen LogP contribution is -2.27. The fourth-order valence-electron chi connectivity index (χ4n) is 1.65. The van der Waals surface area contributed by atoms with Gasteiger partial charge in [-0.05, 0) is 51.7 Å². The first-order valence-corrected chi connectivity index (χ1v) is 7.81. The normalized spacial score (nSPS) is 13.7. The minimum Gasteiger partial charge on any atom is -0.324 e. The number of hydrogen-bond donors (Lipinski definition) is 2. The predicted octanol–water partition coefficient (Wildman–Crippen LogP) is 0.936. The van der Waals surface area contributed by atoms with Crippen LogP contribution in [0, 0.1) is 0 Å². The molecule has 0 fully saturated rings. The number of sulfonamides is 1. The van der Waals surface area contributed by atoms with E-state index in [0.717, 1.165) is 18.5 Å². The highest BCUT2D eigenvalue weighted by atomic mass is 32.2. The van der Waals surface area contributed by atoms with Crippen LogP contribution in [0.3, 0.4) is 0 Å². The molecule has 0 amide bonds. The molecule has 1 aromatic rings. The summed E-state index contributed by atoms with van der Waals surface area (Å²) in [7, 11) is 0.480. The second-order valence-electron chi connectivity index (χ2n) is 4.92. The standard InChI is InChI=1S/C13H23N3O2S/c1-11(14)12-6-4-7-13(10-12)19(17,18)15-8-5-9-16(2)3/h4,6-7,10-11,15H,5,8-9,14H2,1-3H3. The lowest BCUT2D eigenvalue weighted by atomic mass is 10.1. The van der Waals surface area contributed by atoms with Crippen LogP contribution >= 0.6 is 0 Å². The van der Waals surface area contributed by atoms with Crippen LogP contribution in [0.4, 0.5) is 0 Å². The molecule has 1 unspecified atom stereocenters. The van der Waals surface area contributed by atoms with Gasteiger partial charge in [-0.1, -0.05) is 12.1 Å². The Morgan fingerprint density at radius 3 is 2.63 bits per heavy atom. The van der Waals surface area contributed by atoms with Crippen LogP contribution in [-0.2, 0) is 10.0 Å². The molecule has 0 saturated heterocycles. The number of hydrogen-bond acceptors (Lipinski definition) is 4. The topological polar surface area (TPSA) is 75.4 Å². The second kappa shape index (κ2) is 7.00. The molecule has 0 bridgehead atoms. The van der Waals surface area contributed by atoms with Crippen LogP contribution in [0.2, 0.25) is 0 Å². The van der Waals surface area contributed by atoms with Crippen LogP contribution < -0.4 is 10.5 Å². The van der Waals surface area contributed by atoms with Crippen molar-refractivity contribution < 1.29 is 8.42 Å². The summed E-state index contributed by atoms with van der Waals surface area (Å²) in [5, 5.41) is 0. The average Bonchev–Trinajstić information content (AvgIpc) is 2.34. The van der Waals surface area contributed by atoms with Crippen LogP contribution in [0.1, 0.15) is 24.9 Å². The summed E-state index contributed by atoms with van der Waals surface area (Å²) in [5.41, 5.74) is 6.58. The lowest BCUT2D eigenvalue weighted by Gasteiger charge is -2.11. The van der Waals surface area contributed by atoms with E-state index in [2.05, 4.69) is 4.72 Å². The molecule has 0 aliphatic carbocycles. The van der Waals surface area contributed by atoms with Gasteiger partial charge in [0.25, 0.3) is 0 Å². The van der Waals surface area contributed by atoms with E-state index in [1.807, 2.05) is 32.0 Å². The fraction of sp³-hybridized carbons (Fsp3) is 0.538. The third-order valence-corrected chi connectivity index (χ3v) is 4.23. The molecule has 0 aliphatic rings. The van der Waals surface area contributed by atoms with Gasteiger partial charge in [0.05, 0.1) is 4.90 Å². The first kappa shape index (κ1) is 16.1. The van der Waals surface area contributed by atoms with Crippen molar-refractivity contribution in [2.24, 2.45) is 5.73 Å². The van der Waals surface area contributed by atoms with Crippen molar-refractivity contribution in [2.75, 3.05) is 27.2 Å². The molecular weight excluding hydrogens is 262 g/mol. The van der Waals surface area contributed by atoms with Crippen LogP contribution in [-0.4, -0.2) is 40.5 Å². The molecule has 1 atom stereocenters. The molecule has 0 saturated carbocycles. The van der Waals surface area contributed by atoms with Crippen molar-refractivity contribution in [3.63, 3.8) is 0 Å². The Labute approximate surface area is 115 Å².